The molecule has 1 amide bonds. The Labute approximate surface area is 99.4 Å². The molecular weight excluding hydrogens is 216 g/mol. The zero-order valence-corrected chi connectivity index (χ0v) is 9.46. The van der Waals surface area contributed by atoms with Crippen LogP contribution in [0.3, 0.4) is 0 Å². The number of carbonyl (C=O) groups is 1. The fraction of sp³-hybridized carbons (Fsp3) is 0.0769. The largest absolute Gasteiger partial charge is 0.466 e. The number of hydrogen-bond donors (Lipinski definition) is 1. The van der Waals surface area contributed by atoms with Crippen molar-refractivity contribution < 1.29 is 14.2 Å². The highest BCUT2D eigenvalue weighted by Gasteiger charge is 2.08. The first-order valence-electron chi connectivity index (χ1n) is 5.26. The number of amides is 1. The molecule has 1 aromatic carbocycles. The van der Waals surface area contributed by atoms with Crippen molar-refractivity contribution in [2.24, 2.45) is 0 Å². The van der Waals surface area contributed by atoms with E-state index in [0.29, 0.717) is 5.75 Å². The molecule has 0 aliphatic carbocycles. The van der Waals surface area contributed by atoms with Crippen LogP contribution < -0.4 is 14.8 Å². The maximum atomic E-state index is 11.5. The molecule has 0 radical (unpaired) electrons. The summed E-state index contributed by atoms with van der Waals surface area (Å²) in [7, 11) is 0. The monoisotopic (exact) mass is 229 g/mol. The molecule has 0 aliphatic heterocycles. The van der Waals surface area contributed by atoms with Gasteiger partial charge in [0, 0.05) is 12.1 Å². The van der Waals surface area contributed by atoms with Gasteiger partial charge in [0.15, 0.2) is 12.4 Å². The van der Waals surface area contributed by atoms with E-state index in [9.17, 15) is 4.79 Å². The first-order chi connectivity index (χ1) is 8.24. The smallest absolute Gasteiger partial charge is 0.407 e. The summed E-state index contributed by atoms with van der Waals surface area (Å²) in [6, 6.07) is 12.8. The van der Waals surface area contributed by atoms with Crippen LogP contribution in [0, 0.1) is 6.92 Å². The molecule has 0 saturated heterocycles. The highest BCUT2D eigenvalue weighted by atomic mass is 16.6. The standard InChI is InChI=1S/C13H12N2O2/c1-11-5-7-12(8-6-11)17-13(16)14-15-9-3-2-4-10-15/h2-10H,1H3/p+1. The Morgan fingerprint density at radius 3 is 2.41 bits per heavy atom. The van der Waals surface area contributed by atoms with Gasteiger partial charge in [-0.2, -0.15) is 0 Å². The SMILES string of the molecule is Cc1ccc(OC(=O)N[n+]2ccccc2)cc1. The van der Waals surface area contributed by atoms with E-state index < -0.39 is 6.09 Å². The minimum atomic E-state index is -0.523. The first kappa shape index (κ1) is 11.1. The summed E-state index contributed by atoms with van der Waals surface area (Å²) in [6.07, 6.45) is 2.91. The Bertz CT molecular complexity index is 495. The first-order valence-corrected chi connectivity index (χ1v) is 5.26. The number of nitrogens with one attached hydrogen (secondary N) is 1. The maximum absolute atomic E-state index is 11.5. The van der Waals surface area contributed by atoms with E-state index in [2.05, 4.69) is 5.43 Å². The molecule has 0 fully saturated rings. The average molecular weight is 229 g/mol. The van der Waals surface area contributed by atoms with Crippen molar-refractivity contribution in [1.82, 2.24) is 0 Å². The van der Waals surface area contributed by atoms with Crippen LogP contribution in [0.15, 0.2) is 54.9 Å². The Morgan fingerprint density at radius 2 is 1.76 bits per heavy atom. The maximum Gasteiger partial charge on any atom is 0.466 e. The van der Waals surface area contributed by atoms with E-state index in [1.54, 1.807) is 24.5 Å². The third-order valence-corrected chi connectivity index (χ3v) is 2.17. The van der Waals surface area contributed by atoms with Gasteiger partial charge < -0.3 is 4.74 Å². The molecular formula is C13H13N2O2+. The second kappa shape index (κ2) is 5.12. The number of aromatic nitrogens is 1. The van der Waals surface area contributed by atoms with Crippen molar-refractivity contribution in [3.63, 3.8) is 0 Å². The van der Waals surface area contributed by atoms with Crippen molar-refractivity contribution in [3.8, 4) is 5.75 Å². The summed E-state index contributed by atoms with van der Waals surface area (Å²) in [5, 5.41) is 0. The van der Waals surface area contributed by atoms with Gasteiger partial charge in [0.05, 0.1) is 0 Å². The van der Waals surface area contributed by atoms with E-state index >= 15 is 0 Å². The van der Waals surface area contributed by atoms with Gasteiger partial charge in [0.2, 0.25) is 0 Å². The van der Waals surface area contributed by atoms with Crippen LogP contribution >= 0.6 is 0 Å². The number of benzene rings is 1. The Morgan fingerprint density at radius 1 is 1.12 bits per heavy atom. The molecule has 0 atom stereocenters. The van der Waals surface area contributed by atoms with Gasteiger partial charge in [-0.15, -0.1) is 0 Å². The number of ether oxygens (including phenoxy) is 1. The van der Waals surface area contributed by atoms with Crippen molar-refractivity contribution in [2.75, 3.05) is 5.43 Å². The second-order valence-corrected chi connectivity index (χ2v) is 3.60. The fourth-order valence-electron chi connectivity index (χ4n) is 1.31. The summed E-state index contributed by atoms with van der Waals surface area (Å²) in [5.74, 6) is 0.518. The van der Waals surface area contributed by atoms with Crippen molar-refractivity contribution >= 4 is 6.09 Å². The lowest BCUT2D eigenvalue weighted by atomic mass is 10.2. The molecule has 86 valence electrons. The lowest BCUT2D eigenvalue weighted by molar-refractivity contribution is -0.642. The topological polar surface area (TPSA) is 42.2 Å². The van der Waals surface area contributed by atoms with E-state index in [-0.39, 0.29) is 0 Å². The van der Waals surface area contributed by atoms with E-state index in [1.807, 2.05) is 37.3 Å². The number of pyridine rings is 1. The van der Waals surface area contributed by atoms with Gasteiger partial charge in [-0.1, -0.05) is 33.9 Å². The number of aryl methyl sites for hydroxylation is 1. The highest BCUT2D eigenvalue weighted by Crippen LogP contribution is 2.11. The Hall–Kier alpha value is -2.36. The zero-order valence-electron chi connectivity index (χ0n) is 9.46. The Kier molecular flexibility index (Phi) is 3.35. The summed E-state index contributed by atoms with van der Waals surface area (Å²) >= 11 is 0. The molecule has 0 spiro atoms. The number of rotatable bonds is 2. The van der Waals surface area contributed by atoms with Gasteiger partial charge in [-0.05, 0) is 19.1 Å². The minimum Gasteiger partial charge on any atom is -0.407 e. The molecule has 0 bridgehead atoms. The van der Waals surface area contributed by atoms with Crippen molar-refractivity contribution in [1.29, 1.82) is 0 Å². The number of carbonyl (C=O) groups excluding carboxylic acids is 1. The molecule has 1 N–H and O–H groups in total. The van der Waals surface area contributed by atoms with Crippen LogP contribution in [0.5, 0.6) is 5.75 Å². The van der Waals surface area contributed by atoms with Gasteiger partial charge in [0.1, 0.15) is 5.75 Å². The quantitative estimate of drug-likeness (QED) is 0.800. The predicted molar refractivity (Wildman–Crippen MR) is 63.2 cm³/mol. The lowest BCUT2D eigenvalue weighted by Gasteiger charge is -2.02. The lowest BCUT2D eigenvalue weighted by Crippen LogP contribution is -2.48. The molecule has 0 unspecified atom stereocenters. The summed E-state index contributed by atoms with van der Waals surface area (Å²) < 4.78 is 6.63. The minimum absolute atomic E-state index is 0.518. The third-order valence-electron chi connectivity index (χ3n) is 2.17. The predicted octanol–water partition coefficient (Wildman–Crippen LogP) is 2.03. The van der Waals surface area contributed by atoms with E-state index in [1.165, 1.54) is 4.68 Å². The third kappa shape index (κ3) is 3.31. The summed E-state index contributed by atoms with van der Waals surface area (Å²) in [5.41, 5.74) is 3.68. The number of nitrogens with zero attached hydrogens (tertiary/aromatic N) is 1. The zero-order chi connectivity index (χ0) is 12.1. The van der Waals surface area contributed by atoms with Gasteiger partial charge in [-0.25, -0.2) is 4.79 Å². The summed E-state index contributed by atoms with van der Waals surface area (Å²) in [6.45, 7) is 1.98. The van der Waals surface area contributed by atoms with Crippen LogP contribution in [-0.2, 0) is 0 Å². The normalized spacial score (nSPS) is 9.71. The van der Waals surface area contributed by atoms with Crippen molar-refractivity contribution in [3.05, 3.63) is 60.4 Å². The Balaban J connectivity index is 1.96. The van der Waals surface area contributed by atoms with E-state index in [4.69, 9.17) is 4.74 Å². The van der Waals surface area contributed by atoms with Crippen LogP contribution in [0.2, 0.25) is 0 Å². The molecule has 1 heterocycles. The second-order valence-electron chi connectivity index (χ2n) is 3.60. The van der Waals surface area contributed by atoms with Gasteiger partial charge >= 0.3 is 6.09 Å². The summed E-state index contributed by atoms with van der Waals surface area (Å²) in [4.78, 5) is 11.5. The molecule has 2 aromatic rings. The molecule has 2 rings (SSSR count). The van der Waals surface area contributed by atoms with Gasteiger partial charge in [-0.3, -0.25) is 0 Å². The molecule has 4 heteroatoms. The molecule has 0 aliphatic rings. The van der Waals surface area contributed by atoms with Gasteiger partial charge in [0.25, 0.3) is 0 Å². The van der Waals surface area contributed by atoms with Crippen molar-refractivity contribution in [2.45, 2.75) is 6.92 Å². The molecule has 0 saturated carbocycles. The van der Waals surface area contributed by atoms with Crippen LogP contribution in [0.1, 0.15) is 5.56 Å². The molecule has 4 nitrogen and oxygen atoms in total. The fourth-order valence-corrected chi connectivity index (χ4v) is 1.31. The molecule has 1 aromatic heterocycles. The average Bonchev–Trinajstić information content (AvgIpc) is 2.33. The highest BCUT2D eigenvalue weighted by molar-refractivity contribution is 5.76. The van der Waals surface area contributed by atoms with Crippen LogP contribution in [-0.4, -0.2) is 6.09 Å². The van der Waals surface area contributed by atoms with Crippen LogP contribution in [0.25, 0.3) is 0 Å². The molecule has 17 heavy (non-hydrogen) atoms. The van der Waals surface area contributed by atoms with E-state index in [0.717, 1.165) is 5.56 Å². The van der Waals surface area contributed by atoms with Crippen LogP contribution in [0.4, 0.5) is 4.79 Å². The number of hydrogen-bond acceptors (Lipinski definition) is 2.